The molecular formula is C31H44O3. The van der Waals surface area contributed by atoms with Gasteiger partial charge in [0.25, 0.3) is 0 Å². The van der Waals surface area contributed by atoms with E-state index in [9.17, 15) is 4.79 Å². The monoisotopic (exact) mass is 464 g/mol. The van der Waals surface area contributed by atoms with E-state index < -0.39 is 0 Å². The lowest BCUT2D eigenvalue weighted by Crippen LogP contribution is -2.14. The molecule has 3 nitrogen and oxygen atoms in total. The minimum Gasteiger partial charge on any atom is -0.494 e. The van der Waals surface area contributed by atoms with E-state index in [-0.39, 0.29) is 5.97 Å². The quantitative estimate of drug-likeness (QED) is 0.159. The number of unbranched alkanes of at least 4 members (excludes halogenated alkanes) is 6. The summed E-state index contributed by atoms with van der Waals surface area (Å²) in [6.45, 7) is 5.13. The van der Waals surface area contributed by atoms with Gasteiger partial charge in [-0.05, 0) is 85.9 Å². The molecule has 1 fully saturated rings. The van der Waals surface area contributed by atoms with Crippen LogP contribution in [0.15, 0.2) is 48.5 Å². The van der Waals surface area contributed by atoms with Crippen LogP contribution in [0.4, 0.5) is 0 Å². The Hall–Kier alpha value is -2.29. The van der Waals surface area contributed by atoms with Gasteiger partial charge in [0.1, 0.15) is 11.5 Å². The third-order valence-corrected chi connectivity index (χ3v) is 7.23. The van der Waals surface area contributed by atoms with Crippen molar-refractivity contribution in [2.75, 3.05) is 6.61 Å². The molecule has 0 spiro atoms. The topological polar surface area (TPSA) is 35.5 Å². The van der Waals surface area contributed by atoms with Crippen molar-refractivity contribution in [1.29, 1.82) is 0 Å². The molecule has 0 unspecified atom stereocenters. The van der Waals surface area contributed by atoms with E-state index in [4.69, 9.17) is 9.47 Å². The molecule has 0 N–H and O–H groups in total. The van der Waals surface area contributed by atoms with Gasteiger partial charge in [-0.2, -0.15) is 0 Å². The van der Waals surface area contributed by atoms with E-state index in [0.29, 0.717) is 23.8 Å². The third kappa shape index (κ3) is 8.81. The van der Waals surface area contributed by atoms with E-state index >= 15 is 0 Å². The number of rotatable bonds is 14. The summed E-state index contributed by atoms with van der Waals surface area (Å²) in [5.41, 5.74) is 1.96. The van der Waals surface area contributed by atoms with Crippen LogP contribution in [0.2, 0.25) is 0 Å². The molecule has 0 saturated heterocycles. The van der Waals surface area contributed by atoms with Crippen molar-refractivity contribution >= 4 is 5.97 Å². The maximum absolute atomic E-state index is 12.6. The van der Waals surface area contributed by atoms with Gasteiger partial charge < -0.3 is 9.47 Å². The third-order valence-electron chi connectivity index (χ3n) is 7.23. The highest BCUT2D eigenvalue weighted by atomic mass is 16.5. The van der Waals surface area contributed by atoms with Crippen molar-refractivity contribution in [2.45, 2.75) is 103 Å². The van der Waals surface area contributed by atoms with Gasteiger partial charge in [0, 0.05) is 0 Å². The standard InChI is InChI=1S/C31H44O3/c1-3-5-7-8-9-10-11-25-12-14-26(15-13-25)27-16-18-28(19-17-27)31(32)34-30-22-20-29(21-23-30)33-24-6-4-2/h16-23,25-26H,3-15,24H2,1-2H3. The molecule has 1 aliphatic carbocycles. The number of ether oxygens (including phenoxy) is 2. The molecule has 1 saturated carbocycles. The van der Waals surface area contributed by atoms with Crippen LogP contribution in [-0.4, -0.2) is 12.6 Å². The zero-order valence-corrected chi connectivity index (χ0v) is 21.4. The van der Waals surface area contributed by atoms with Crippen LogP contribution in [0.25, 0.3) is 0 Å². The lowest BCUT2D eigenvalue weighted by molar-refractivity contribution is 0.0734. The normalized spacial score (nSPS) is 17.9. The first-order chi connectivity index (χ1) is 16.7. The second-order valence-electron chi connectivity index (χ2n) is 9.96. The number of esters is 1. The smallest absolute Gasteiger partial charge is 0.343 e. The lowest BCUT2D eigenvalue weighted by atomic mass is 9.77. The summed E-state index contributed by atoms with van der Waals surface area (Å²) in [5, 5.41) is 0. The van der Waals surface area contributed by atoms with Crippen molar-refractivity contribution in [2.24, 2.45) is 5.92 Å². The maximum atomic E-state index is 12.6. The Morgan fingerprint density at radius 3 is 2.03 bits per heavy atom. The van der Waals surface area contributed by atoms with E-state index in [1.165, 1.54) is 76.2 Å². The Kier molecular flexibility index (Phi) is 11.5. The number of hydrogen-bond donors (Lipinski definition) is 0. The fraction of sp³-hybridized carbons (Fsp3) is 0.581. The molecule has 0 atom stereocenters. The SMILES string of the molecule is CCCCCCCCC1CCC(c2ccc(C(=O)Oc3ccc(OCCCC)cc3)cc2)CC1. The van der Waals surface area contributed by atoms with Crippen LogP contribution in [0, 0.1) is 5.92 Å². The number of carbonyl (C=O) groups is 1. The summed E-state index contributed by atoms with van der Waals surface area (Å²) in [6.07, 6.45) is 17.2. The van der Waals surface area contributed by atoms with Gasteiger partial charge >= 0.3 is 5.97 Å². The first-order valence-electron chi connectivity index (χ1n) is 13.7. The molecule has 0 aliphatic heterocycles. The van der Waals surface area contributed by atoms with Crippen molar-refractivity contribution in [3.05, 3.63) is 59.7 Å². The summed E-state index contributed by atoms with van der Waals surface area (Å²) >= 11 is 0. The zero-order valence-electron chi connectivity index (χ0n) is 21.4. The summed E-state index contributed by atoms with van der Waals surface area (Å²) in [5.74, 6) is 2.58. The Labute approximate surface area is 207 Å². The average Bonchev–Trinajstić information content (AvgIpc) is 2.88. The van der Waals surface area contributed by atoms with Gasteiger partial charge in [-0.3, -0.25) is 0 Å². The minimum atomic E-state index is -0.311. The van der Waals surface area contributed by atoms with E-state index in [1.807, 2.05) is 24.3 Å². The summed E-state index contributed by atoms with van der Waals surface area (Å²) in [4.78, 5) is 12.6. The van der Waals surface area contributed by atoms with Crippen molar-refractivity contribution in [3.63, 3.8) is 0 Å². The van der Waals surface area contributed by atoms with Crippen molar-refractivity contribution in [3.8, 4) is 11.5 Å². The Bertz CT molecular complexity index is 817. The first-order valence-corrected chi connectivity index (χ1v) is 13.7. The molecule has 2 aromatic carbocycles. The van der Waals surface area contributed by atoms with Crippen molar-refractivity contribution < 1.29 is 14.3 Å². The van der Waals surface area contributed by atoms with Gasteiger partial charge in [-0.25, -0.2) is 4.79 Å². The van der Waals surface area contributed by atoms with Gasteiger partial charge in [-0.1, -0.05) is 77.3 Å². The van der Waals surface area contributed by atoms with Crippen LogP contribution >= 0.6 is 0 Å². The van der Waals surface area contributed by atoms with Gasteiger partial charge in [0.2, 0.25) is 0 Å². The fourth-order valence-corrected chi connectivity index (χ4v) is 4.99. The maximum Gasteiger partial charge on any atom is 0.343 e. The number of carbonyl (C=O) groups excluding carboxylic acids is 1. The molecular weight excluding hydrogens is 420 g/mol. The van der Waals surface area contributed by atoms with E-state index in [0.717, 1.165) is 24.5 Å². The highest BCUT2D eigenvalue weighted by Crippen LogP contribution is 2.38. The molecule has 2 aromatic rings. The zero-order chi connectivity index (χ0) is 24.0. The second-order valence-corrected chi connectivity index (χ2v) is 9.96. The van der Waals surface area contributed by atoms with E-state index in [2.05, 4.69) is 26.0 Å². The predicted molar refractivity (Wildman–Crippen MR) is 141 cm³/mol. The predicted octanol–water partition coefficient (Wildman–Crippen LogP) is 9.11. The molecule has 3 heteroatoms. The molecule has 3 rings (SSSR count). The fourth-order valence-electron chi connectivity index (χ4n) is 4.99. The molecule has 34 heavy (non-hydrogen) atoms. The molecule has 0 radical (unpaired) electrons. The van der Waals surface area contributed by atoms with Crippen LogP contribution < -0.4 is 9.47 Å². The van der Waals surface area contributed by atoms with Gasteiger partial charge in [0.05, 0.1) is 12.2 Å². The Morgan fingerprint density at radius 2 is 1.35 bits per heavy atom. The summed E-state index contributed by atoms with van der Waals surface area (Å²) in [7, 11) is 0. The lowest BCUT2D eigenvalue weighted by Gasteiger charge is -2.29. The summed E-state index contributed by atoms with van der Waals surface area (Å²) in [6, 6.07) is 15.4. The van der Waals surface area contributed by atoms with E-state index in [1.54, 1.807) is 12.1 Å². The molecule has 0 amide bonds. The number of benzene rings is 2. The molecule has 0 heterocycles. The van der Waals surface area contributed by atoms with Gasteiger partial charge in [0.15, 0.2) is 0 Å². The summed E-state index contributed by atoms with van der Waals surface area (Å²) < 4.78 is 11.2. The second kappa shape index (κ2) is 14.9. The highest BCUT2D eigenvalue weighted by molar-refractivity contribution is 5.91. The largest absolute Gasteiger partial charge is 0.494 e. The van der Waals surface area contributed by atoms with Crippen molar-refractivity contribution in [1.82, 2.24) is 0 Å². The van der Waals surface area contributed by atoms with Crippen LogP contribution in [-0.2, 0) is 0 Å². The van der Waals surface area contributed by atoms with Crippen LogP contribution in [0.5, 0.6) is 11.5 Å². The molecule has 0 aromatic heterocycles. The van der Waals surface area contributed by atoms with Crippen LogP contribution in [0.1, 0.15) is 119 Å². The first kappa shape index (κ1) is 26.3. The minimum absolute atomic E-state index is 0.311. The van der Waals surface area contributed by atoms with Gasteiger partial charge in [-0.15, -0.1) is 0 Å². The Morgan fingerprint density at radius 1 is 0.735 bits per heavy atom. The Balaban J connectivity index is 1.39. The average molecular weight is 465 g/mol. The van der Waals surface area contributed by atoms with Crippen LogP contribution in [0.3, 0.4) is 0 Å². The number of hydrogen-bond acceptors (Lipinski definition) is 3. The molecule has 1 aliphatic rings. The molecule has 186 valence electrons. The molecule has 0 bridgehead atoms. The highest BCUT2D eigenvalue weighted by Gasteiger charge is 2.22.